The molecule has 124 valence electrons. The Morgan fingerprint density at radius 3 is 2.91 bits per heavy atom. The Morgan fingerprint density at radius 1 is 1.39 bits per heavy atom. The number of rotatable bonds is 7. The van der Waals surface area contributed by atoms with Crippen molar-refractivity contribution in [2.24, 2.45) is 4.99 Å². The van der Waals surface area contributed by atoms with E-state index in [9.17, 15) is 0 Å². The van der Waals surface area contributed by atoms with E-state index in [-0.39, 0.29) is 6.04 Å². The van der Waals surface area contributed by atoms with E-state index >= 15 is 0 Å². The zero-order valence-electron chi connectivity index (χ0n) is 13.9. The Bertz CT molecular complexity index is 611. The van der Waals surface area contributed by atoms with Gasteiger partial charge in [0.05, 0.1) is 13.2 Å². The molecule has 23 heavy (non-hydrogen) atoms. The van der Waals surface area contributed by atoms with E-state index in [2.05, 4.69) is 50.8 Å². The smallest absolute Gasteiger partial charge is 0.191 e. The lowest BCUT2D eigenvalue weighted by Gasteiger charge is -2.17. The van der Waals surface area contributed by atoms with E-state index in [1.54, 1.807) is 31.5 Å². The maximum atomic E-state index is 5.12. The van der Waals surface area contributed by atoms with Crippen LogP contribution >= 0.6 is 0 Å². The lowest BCUT2D eigenvalue weighted by Crippen LogP contribution is -2.43. The molecular formula is C16H24N6O. The zero-order valence-corrected chi connectivity index (χ0v) is 13.9. The second-order valence-electron chi connectivity index (χ2n) is 5.34. The normalized spacial score (nSPS) is 12.9. The predicted octanol–water partition coefficient (Wildman–Crippen LogP) is 1.03. The average molecular weight is 316 g/mol. The van der Waals surface area contributed by atoms with Gasteiger partial charge in [-0.1, -0.05) is 24.3 Å². The fourth-order valence-corrected chi connectivity index (χ4v) is 2.24. The standard InChI is InChI=1S/C16H24N6O/c1-13(10-23-3)21-16(17-2)19-8-14-5-4-6-15(7-14)9-22-12-18-11-20-22/h4-7,11-13H,8-10H2,1-3H3,(H2,17,19,21). The Hall–Kier alpha value is -2.41. The molecule has 0 aliphatic carbocycles. The van der Waals surface area contributed by atoms with Crippen LogP contribution in [-0.2, 0) is 17.8 Å². The maximum Gasteiger partial charge on any atom is 0.191 e. The van der Waals surface area contributed by atoms with Crippen molar-refractivity contribution in [1.29, 1.82) is 0 Å². The predicted molar refractivity (Wildman–Crippen MR) is 90.2 cm³/mol. The SMILES string of the molecule is CN=C(NCc1cccc(Cn2cncn2)c1)NC(C)COC. The number of ether oxygens (including phenoxy) is 1. The summed E-state index contributed by atoms with van der Waals surface area (Å²) in [5, 5.41) is 10.7. The zero-order chi connectivity index (χ0) is 16.5. The van der Waals surface area contributed by atoms with Crippen LogP contribution in [0.4, 0.5) is 0 Å². The number of aliphatic imine (C=N–C) groups is 1. The summed E-state index contributed by atoms with van der Waals surface area (Å²) in [6.45, 7) is 4.10. The Labute approximate surface area is 136 Å². The molecule has 2 aromatic rings. The molecule has 0 aliphatic rings. The first kappa shape index (κ1) is 17.0. The summed E-state index contributed by atoms with van der Waals surface area (Å²) >= 11 is 0. The molecule has 7 heteroatoms. The molecule has 0 bridgehead atoms. The molecule has 0 saturated heterocycles. The van der Waals surface area contributed by atoms with Gasteiger partial charge in [-0.05, 0) is 18.1 Å². The molecule has 0 saturated carbocycles. The third-order valence-electron chi connectivity index (χ3n) is 3.29. The number of methoxy groups -OCH3 is 1. The first-order valence-electron chi connectivity index (χ1n) is 7.57. The molecule has 1 aromatic heterocycles. The Balaban J connectivity index is 1.89. The maximum absolute atomic E-state index is 5.12. The van der Waals surface area contributed by atoms with Gasteiger partial charge in [-0.15, -0.1) is 0 Å². The van der Waals surface area contributed by atoms with Gasteiger partial charge in [0.15, 0.2) is 5.96 Å². The minimum atomic E-state index is 0.199. The van der Waals surface area contributed by atoms with Crippen LogP contribution in [0.3, 0.4) is 0 Å². The van der Waals surface area contributed by atoms with Crippen molar-refractivity contribution in [3.8, 4) is 0 Å². The van der Waals surface area contributed by atoms with Gasteiger partial charge in [0.2, 0.25) is 0 Å². The summed E-state index contributed by atoms with van der Waals surface area (Å²) in [5.74, 6) is 0.760. The molecular weight excluding hydrogens is 292 g/mol. The van der Waals surface area contributed by atoms with Crippen LogP contribution in [-0.4, -0.2) is 47.5 Å². The van der Waals surface area contributed by atoms with Gasteiger partial charge in [0.1, 0.15) is 12.7 Å². The first-order chi connectivity index (χ1) is 11.2. The number of hydrogen-bond donors (Lipinski definition) is 2. The average Bonchev–Trinajstić information content (AvgIpc) is 3.05. The van der Waals surface area contributed by atoms with E-state index in [0.29, 0.717) is 19.7 Å². The molecule has 1 unspecified atom stereocenters. The highest BCUT2D eigenvalue weighted by Crippen LogP contribution is 2.06. The molecule has 2 N–H and O–H groups in total. The number of benzene rings is 1. The second kappa shape index (κ2) is 8.89. The fourth-order valence-electron chi connectivity index (χ4n) is 2.24. The van der Waals surface area contributed by atoms with Gasteiger partial charge in [0, 0.05) is 26.7 Å². The van der Waals surface area contributed by atoms with Gasteiger partial charge in [-0.3, -0.25) is 4.99 Å². The number of nitrogens with zero attached hydrogens (tertiary/aromatic N) is 4. The summed E-state index contributed by atoms with van der Waals surface area (Å²) in [4.78, 5) is 8.18. The third-order valence-corrected chi connectivity index (χ3v) is 3.29. The van der Waals surface area contributed by atoms with Crippen molar-refractivity contribution >= 4 is 5.96 Å². The van der Waals surface area contributed by atoms with Crippen molar-refractivity contribution in [2.45, 2.75) is 26.1 Å². The van der Waals surface area contributed by atoms with E-state index in [1.165, 1.54) is 11.1 Å². The molecule has 0 amide bonds. The summed E-state index contributed by atoms with van der Waals surface area (Å²) < 4.78 is 6.92. The van der Waals surface area contributed by atoms with E-state index < -0.39 is 0 Å². The van der Waals surface area contributed by atoms with Gasteiger partial charge >= 0.3 is 0 Å². The quantitative estimate of drug-likeness (QED) is 0.589. The minimum absolute atomic E-state index is 0.199. The van der Waals surface area contributed by atoms with Crippen LogP contribution in [0.1, 0.15) is 18.1 Å². The van der Waals surface area contributed by atoms with Crippen LogP contribution in [0, 0.1) is 0 Å². The van der Waals surface area contributed by atoms with Crippen molar-refractivity contribution in [2.75, 3.05) is 20.8 Å². The number of nitrogens with one attached hydrogen (secondary N) is 2. The molecule has 7 nitrogen and oxygen atoms in total. The van der Waals surface area contributed by atoms with Crippen molar-refractivity contribution in [3.05, 3.63) is 48.0 Å². The lowest BCUT2D eigenvalue weighted by atomic mass is 10.1. The van der Waals surface area contributed by atoms with Crippen LogP contribution in [0.15, 0.2) is 41.9 Å². The van der Waals surface area contributed by atoms with Crippen molar-refractivity contribution in [1.82, 2.24) is 25.4 Å². The van der Waals surface area contributed by atoms with Crippen molar-refractivity contribution < 1.29 is 4.74 Å². The number of guanidine groups is 1. The van der Waals surface area contributed by atoms with Crippen LogP contribution in [0.2, 0.25) is 0 Å². The van der Waals surface area contributed by atoms with Crippen LogP contribution in [0.5, 0.6) is 0 Å². The highest BCUT2D eigenvalue weighted by Gasteiger charge is 2.05. The Kier molecular flexibility index (Phi) is 6.56. The molecule has 1 atom stereocenters. The minimum Gasteiger partial charge on any atom is -0.383 e. The summed E-state index contributed by atoms with van der Waals surface area (Å²) in [7, 11) is 3.45. The molecule has 0 radical (unpaired) electrons. The van der Waals surface area contributed by atoms with Gasteiger partial charge in [0.25, 0.3) is 0 Å². The summed E-state index contributed by atoms with van der Waals surface area (Å²) in [6, 6.07) is 8.57. The molecule has 0 fully saturated rings. The van der Waals surface area contributed by atoms with E-state index in [1.807, 2.05) is 6.07 Å². The van der Waals surface area contributed by atoms with Crippen LogP contribution < -0.4 is 10.6 Å². The topological polar surface area (TPSA) is 76.4 Å². The fraction of sp³-hybridized carbons (Fsp3) is 0.438. The van der Waals surface area contributed by atoms with E-state index in [4.69, 9.17) is 4.74 Å². The van der Waals surface area contributed by atoms with E-state index in [0.717, 1.165) is 5.96 Å². The molecule has 0 spiro atoms. The molecule has 1 heterocycles. The highest BCUT2D eigenvalue weighted by molar-refractivity contribution is 5.79. The van der Waals surface area contributed by atoms with Gasteiger partial charge in [-0.2, -0.15) is 5.10 Å². The van der Waals surface area contributed by atoms with Crippen LogP contribution in [0.25, 0.3) is 0 Å². The van der Waals surface area contributed by atoms with Gasteiger partial charge in [-0.25, -0.2) is 9.67 Å². The van der Waals surface area contributed by atoms with Gasteiger partial charge < -0.3 is 15.4 Å². The molecule has 1 aromatic carbocycles. The summed E-state index contributed by atoms with van der Waals surface area (Å²) in [6.07, 6.45) is 3.26. The number of hydrogen-bond acceptors (Lipinski definition) is 4. The second-order valence-corrected chi connectivity index (χ2v) is 5.34. The molecule has 2 rings (SSSR count). The molecule has 0 aliphatic heterocycles. The first-order valence-corrected chi connectivity index (χ1v) is 7.57. The monoisotopic (exact) mass is 316 g/mol. The summed E-state index contributed by atoms with van der Waals surface area (Å²) in [5.41, 5.74) is 2.37. The third kappa shape index (κ3) is 5.71. The lowest BCUT2D eigenvalue weighted by molar-refractivity contribution is 0.179. The Morgan fingerprint density at radius 2 is 2.22 bits per heavy atom. The highest BCUT2D eigenvalue weighted by atomic mass is 16.5. The largest absolute Gasteiger partial charge is 0.383 e. The number of aromatic nitrogens is 3. The van der Waals surface area contributed by atoms with Crippen molar-refractivity contribution in [3.63, 3.8) is 0 Å².